The molecule has 0 bridgehead atoms. The van der Waals surface area contributed by atoms with E-state index in [1.54, 1.807) is 16.2 Å². The number of thiophene rings is 1. The summed E-state index contributed by atoms with van der Waals surface area (Å²) in [6.07, 6.45) is -1.41. The minimum Gasteiger partial charge on any atom is -0.406 e. The van der Waals surface area contributed by atoms with E-state index in [0.717, 1.165) is 36.8 Å². The molecule has 2 saturated heterocycles. The van der Waals surface area contributed by atoms with Crippen molar-refractivity contribution in [3.8, 4) is 5.75 Å². The van der Waals surface area contributed by atoms with Crippen LogP contribution in [0.2, 0.25) is 0 Å². The van der Waals surface area contributed by atoms with E-state index in [2.05, 4.69) is 39.4 Å². The number of aromatic nitrogens is 1. The van der Waals surface area contributed by atoms with Crippen LogP contribution in [-0.4, -0.2) is 54.4 Å². The topological polar surface area (TPSA) is 57.7 Å². The Morgan fingerprint density at radius 1 is 1.14 bits per heavy atom. The third-order valence-corrected chi connectivity index (χ3v) is 7.85. The zero-order valence-corrected chi connectivity index (χ0v) is 20.9. The Bertz CT molecular complexity index is 1210. The Balaban J connectivity index is 1.20. The number of benzene rings is 1. The normalized spacial score (nSPS) is 19.2. The smallest absolute Gasteiger partial charge is 0.406 e. The fourth-order valence-corrected chi connectivity index (χ4v) is 5.78. The molecule has 1 unspecified atom stereocenters. The first kappa shape index (κ1) is 24.7. The zero-order chi connectivity index (χ0) is 25.3. The SMILES string of the molecule is CC1CCN(c2cc(NC3CCN(C(=O)Cc4ccc(OC(F)(F)F)cc4)C3)nc3ccsc23)CC1. The molecule has 0 radical (unpaired) electrons. The fraction of sp³-hybridized carbons (Fsp3) is 0.462. The number of ether oxygens (including phenoxy) is 1. The standard InChI is InChI=1S/C26H29F3N4O2S/c1-17-6-10-32(11-7-17)22-15-23(31-21-9-13-36-25(21)22)30-19-8-12-33(16-19)24(34)14-18-2-4-20(5-3-18)35-26(27,28)29/h2-5,9,13,15,17,19H,6-8,10-12,14,16H2,1H3,(H,30,31). The summed E-state index contributed by atoms with van der Waals surface area (Å²) in [7, 11) is 0. The van der Waals surface area contributed by atoms with Gasteiger partial charge in [-0.1, -0.05) is 19.1 Å². The second kappa shape index (κ2) is 10.2. The molecule has 2 aliphatic rings. The van der Waals surface area contributed by atoms with Gasteiger partial charge in [0.05, 0.1) is 22.3 Å². The summed E-state index contributed by atoms with van der Waals surface area (Å²) in [6, 6.07) is 9.74. The first-order valence-electron chi connectivity index (χ1n) is 12.3. The van der Waals surface area contributed by atoms with Gasteiger partial charge in [-0.25, -0.2) is 4.98 Å². The summed E-state index contributed by atoms with van der Waals surface area (Å²) in [5, 5.41) is 5.62. The highest BCUT2D eigenvalue weighted by molar-refractivity contribution is 7.17. The van der Waals surface area contributed by atoms with Crippen LogP contribution in [0.3, 0.4) is 0 Å². The van der Waals surface area contributed by atoms with Crippen LogP contribution in [0.5, 0.6) is 5.75 Å². The molecular formula is C26H29F3N4O2S. The molecule has 5 rings (SSSR count). The van der Waals surface area contributed by atoms with E-state index in [4.69, 9.17) is 4.98 Å². The number of carbonyl (C=O) groups excluding carboxylic acids is 1. The molecule has 1 N–H and O–H groups in total. The second-order valence-corrected chi connectivity index (χ2v) is 10.6. The van der Waals surface area contributed by atoms with Crippen LogP contribution in [0.4, 0.5) is 24.7 Å². The number of piperidine rings is 1. The van der Waals surface area contributed by atoms with Crippen LogP contribution >= 0.6 is 11.3 Å². The van der Waals surface area contributed by atoms with Gasteiger partial charge in [-0.05, 0) is 54.3 Å². The summed E-state index contributed by atoms with van der Waals surface area (Å²) < 4.78 is 42.1. The van der Waals surface area contributed by atoms with E-state index < -0.39 is 6.36 Å². The van der Waals surface area contributed by atoms with Gasteiger partial charge in [0.15, 0.2) is 0 Å². The number of rotatable bonds is 6. The van der Waals surface area contributed by atoms with Gasteiger partial charge in [0.25, 0.3) is 0 Å². The average Bonchev–Trinajstić information content (AvgIpc) is 3.49. The molecule has 0 saturated carbocycles. The molecule has 6 nitrogen and oxygen atoms in total. The van der Waals surface area contributed by atoms with E-state index in [0.29, 0.717) is 18.7 Å². The molecule has 36 heavy (non-hydrogen) atoms. The second-order valence-electron chi connectivity index (χ2n) is 9.67. The number of pyridine rings is 1. The van der Waals surface area contributed by atoms with Crippen molar-refractivity contribution in [1.82, 2.24) is 9.88 Å². The van der Waals surface area contributed by atoms with Gasteiger partial charge in [0.1, 0.15) is 11.6 Å². The quantitative estimate of drug-likeness (QED) is 0.455. The van der Waals surface area contributed by atoms with Crippen LogP contribution in [-0.2, 0) is 11.2 Å². The molecule has 0 aliphatic carbocycles. The monoisotopic (exact) mass is 518 g/mol. The lowest BCUT2D eigenvalue weighted by Crippen LogP contribution is -2.33. The van der Waals surface area contributed by atoms with Gasteiger partial charge in [0.2, 0.25) is 5.91 Å². The average molecular weight is 519 g/mol. The molecule has 1 aromatic carbocycles. The van der Waals surface area contributed by atoms with Crippen LogP contribution in [0.1, 0.15) is 31.7 Å². The number of hydrogen-bond donors (Lipinski definition) is 1. The number of nitrogens with one attached hydrogen (secondary N) is 1. The molecule has 0 spiro atoms. The molecule has 4 heterocycles. The van der Waals surface area contributed by atoms with Crippen LogP contribution in [0.15, 0.2) is 41.8 Å². The van der Waals surface area contributed by atoms with Crippen molar-refractivity contribution in [3.05, 3.63) is 47.3 Å². The number of nitrogens with zero attached hydrogens (tertiary/aromatic N) is 3. The van der Waals surface area contributed by atoms with Gasteiger partial charge in [-0.3, -0.25) is 4.79 Å². The van der Waals surface area contributed by atoms with Crippen molar-refractivity contribution in [2.75, 3.05) is 36.4 Å². The molecule has 2 fully saturated rings. The molecule has 3 aromatic rings. The van der Waals surface area contributed by atoms with Crippen molar-refractivity contribution in [2.24, 2.45) is 5.92 Å². The maximum atomic E-state index is 12.8. The molecule has 2 aliphatic heterocycles. The van der Waals surface area contributed by atoms with Crippen LogP contribution < -0.4 is 15.0 Å². The highest BCUT2D eigenvalue weighted by atomic mass is 32.1. The van der Waals surface area contributed by atoms with Crippen molar-refractivity contribution in [1.29, 1.82) is 0 Å². The van der Waals surface area contributed by atoms with E-state index in [1.165, 1.54) is 47.5 Å². The Labute approximate surface area is 212 Å². The Morgan fingerprint density at radius 3 is 2.61 bits per heavy atom. The Hall–Kier alpha value is -3.01. The van der Waals surface area contributed by atoms with Gasteiger partial charge >= 0.3 is 6.36 Å². The lowest BCUT2D eigenvalue weighted by atomic mass is 9.99. The highest BCUT2D eigenvalue weighted by Crippen LogP contribution is 2.35. The molecule has 2 aromatic heterocycles. The van der Waals surface area contributed by atoms with Gasteiger partial charge in [0, 0.05) is 38.3 Å². The molecule has 1 atom stereocenters. The lowest BCUT2D eigenvalue weighted by Gasteiger charge is -2.32. The number of hydrogen-bond acceptors (Lipinski definition) is 6. The number of halogens is 3. The number of amides is 1. The Morgan fingerprint density at radius 2 is 1.89 bits per heavy atom. The molecule has 10 heteroatoms. The predicted molar refractivity (Wildman–Crippen MR) is 136 cm³/mol. The van der Waals surface area contributed by atoms with Gasteiger partial charge < -0.3 is 19.9 Å². The first-order chi connectivity index (χ1) is 17.2. The van der Waals surface area contributed by atoms with E-state index >= 15 is 0 Å². The maximum Gasteiger partial charge on any atom is 0.573 e. The minimum absolute atomic E-state index is 0.0480. The first-order valence-corrected chi connectivity index (χ1v) is 13.1. The summed E-state index contributed by atoms with van der Waals surface area (Å²) in [6.45, 7) is 5.60. The molecular weight excluding hydrogens is 489 g/mol. The lowest BCUT2D eigenvalue weighted by molar-refractivity contribution is -0.274. The number of fused-ring (bicyclic) bond motifs is 1. The molecule has 1 amide bonds. The van der Waals surface area contributed by atoms with Crippen molar-refractivity contribution >= 4 is 39.0 Å². The largest absolute Gasteiger partial charge is 0.573 e. The van der Waals surface area contributed by atoms with Gasteiger partial charge in [-0.15, -0.1) is 24.5 Å². The van der Waals surface area contributed by atoms with Crippen molar-refractivity contribution in [2.45, 2.75) is 45.0 Å². The number of anilines is 2. The van der Waals surface area contributed by atoms with Crippen molar-refractivity contribution < 1.29 is 22.7 Å². The highest BCUT2D eigenvalue weighted by Gasteiger charge is 2.31. The fourth-order valence-electron chi connectivity index (χ4n) is 4.91. The maximum absolute atomic E-state index is 12.8. The summed E-state index contributed by atoms with van der Waals surface area (Å²) in [4.78, 5) is 21.9. The van der Waals surface area contributed by atoms with Crippen molar-refractivity contribution in [3.63, 3.8) is 0 Å². The number of likely N-dealkylation sites (tertiary alicyclic amines) is 1. The van der Waals surface area contributed by atoms with E-state index in [-0.39, 0.29) is 24.1 Å². The Kier molecular flexibility index (Phi) is 6.96. The third-order valence-electron chi connectivity index (χ3n) is 6.92. The van der Waals surface area contributed by atoms with Gasteiger partial charge in [-0.2, -0.15) is 0 Å². The minimum atomic E-state index is -4.73. The van der Waals surface area contributed by atoms with Crippen LogP contribution in [0, 0.1) is 5.92 Å². The third kappa shape index (κ3) is 5.86. The molecule has 192 valence electrons. The zero-order valence-electron chi connectivity index (χ0n) is 20.1. The predicted octanol–water partition coefficient (Wildman–Crippen LogP) is 5.69. The summed E-state index contributed by atoms with van der Waals surface area (Å²) >= 11 is 1.72. The van der Waals surface area contributed by atoms with E-state index in [9.17, 15) is 18.0 Å². The summed E-state index contributed by atoms with van der Waals surface area (Å²) in [5.74, 6) is 1.24. The number of carbonyl (C=O) groups is 1. The van der Waals surface area contributed by atoms with E-state index in [1.807, 2.05) is 0 Å². The van der Waals surface area contributed by atoms with Crippen LogP contribution in [0.25, 0.3) is 10.2 Å². The number of alkyl halides is 3. The summed E-state index contributed by atoms with van der Waals surface area (Å²) in [5.41, 5.74) is 2.87.